The van der Waals surface area contributed by atoms with Gasteiger partial charge in [0.05, 0.1) is 4.88 Å². The van der Waals surface area contributed by atoms with Crippen LogP contribution in [0.3, 0.4) is 0 Å². The van der Waals surface area contributed by atoms with Crippen molar-refractivity contribution in [3.63, 3.8) is 0 Å². The van der Waals surface area contributed by atoms with Crippen molar-refractivity contribution in [2.75, 3.05) is 32.7 Å². The van der Waals surface area contributed by atoms with E-state index in [4.69, 9.17) is 4.74 Å². The highest BCUT2D eigenvalue weighted by Crippen LogP contribution is 2.42. The molecule has 0 saturated carbocycles. The molecule has 0 bridgehead atoms. The number of ether oxygens (including phenoxy) is 1. The topological polar surface area (TPSA) is 61.9 Å². The van der Waals surface area contributed by atoms with Gasteiger partial charge in [-0.15, -0.1) is 11.3 Å². The maximum atomic E-state index is 12.9. The summed E-state index contributed by atoms with van der Waals surface area (Å²) in [5.41, 5.74) is 2.12. The first-order chi connectivity index (χ1) is 12.7. The van der Waals surface area contributed by atoms with Crippen LogP contribution in [0.25, 0.3) is 10.4 Å². The molecule has 6 nitrogen and oxygen atoms in total. The van der Waals surface area contributed by atoms with E-state index in [1.165, 1.54) is 11.3 Å². The third-order valence-electron chi connectivity index (χ3n) is 4.72. The van der Waals surface area contributed by atoms with E-state index in [0.717, 1.165) is 26.6 Å². The van der Waals surface area contributed by atoms with Crippen LogP contribution in [-0.4, -0.2) is 54.5 Å². The number of carbonyl (C=O) groups is 2. The van der Waals surface area contributed by atoms with Crippen molar-refractivity contribution in [2.24, 2.45) is 0 Å². The van der Waals surface area contributed by atoms with Gasteiger partial charge in [-0.05, 0) is 25.1 Å². The lowest BCUT2D eigenvalue weighted by atomic mass is 10.1. The molecule has 0 unspecified atom stereocenters. The molecular formula is C19H21N3O3S. The average Bonchev–Trinajstić information content (AvgIpc) is 3.12. The van der Waals surface area contributed by atoms with Gasteiger partial charge in [-0.2, -0.15) is 0 Å². The zero-order valence-corrected chi connectivity index (χ0v) is 15.5. The third kappa shape index (κ3) is 3.03. The fourth-order valence-corrected chi connectivity index (χ4v) is 4.50. The largest absolute Gasteiger partial charge is 0.488 e. The predicted octanol–water partition coefficient (Wildman–Crippen LogP) is 2.79. The number of fused-ring (bicyclic) bond motifs is 3. The Hall–Kier alpha value is -2.54. The molecule has 2 aliphatic rings. The number of rotatable bonds is 2. The van der Waals surface area contributed by atoms with Gasteiger partial charge < -0.3 is 19.9 Å². The number of hydrogen-bond donors (Lipinski definition) is 1. The molecule has 26 heavy (non-hydrogen) atoms. The summed E-state index contributed by atoms with van der Waals surface area (Å²) < 4.78 is 5.78. The Bertz CT molecular complexity index is 840. The molecule has 0 spiro atoms. The number of benzene rings is 1. The Morgan fingerprint density at radius 2 is 1.88 bits per heavy atom. The van der Waals surface area contributed by atoms with Crippen LogP contribution in [0.4, 0.5) is 4.79 Å². The molecular weight excluding hydrogens is 350 g/mol. The Kier molecular flexibility index (Phi) is 4.55. The number of piperazine rings is 1. The van der Waals surface area contributed by atoms with Gasteiger partial charge in [0.25, 0.3) is 5.91 Å². The molecule has 0 radical (unpaired) electrons. The molecule has 0 aliphatic carbocycles. The van der Waals surface area contributed by atoms with Gasteiger partial charge in [0.1, 0.15) is 12.4 Å². The molecule has 0 atom stereocenters. The van der Waals surface area contributed by atoms with Crippen LogP contribution in [0.5, 0.6) is 5.75 Å². The van der Waals surface area contributed by atoms with Gasteiger partial charge in [-0.25, -0.2) is 4.79 Å². The molecule has 1 N–H and O–H groups in total. The van der Waals surface area contributed by atoms with Crippen LogP contribution < -0.4 is 10.1 Å². The standard InChI is InChI=1S/C19H21N3O3S/c1-2-20-19(24)22-9-7-21(8-10-22)18(23)16-11-13-12-25-15-6-4-3-5-14(15)17(13)26-16/h3-6,11H,2,7-10,12H2,1H3,(H,20,24). The second kappa shape index (κ2) is 6.99. The highest BCUT2D eigenvalue weighted by atomic mass is 32.1. The summed E-state index contributed by atoms with van der Waals surface area (Å²) in [7, 11) is 0. The highest BCUT2D eigenvalue weighted by Gasteiger charge is 2.28. The molecule has 4 rings (SSSR count). The van der Waals surface area contributed by atoms with E-state index in [1.54, 1.807) is 4.90 Å². The fraction of sp³-hybridized carbons (Fsp3) is 0.368. The summed E-state index contributed by atoms with van der Waals surface area (Å²) in [6, 6.07) is 9.83. The summed E-state index contributed by atoms with van der Waals surface area (Å²) in [6.07, 6.45) is 0. The molecule has 1 fully saturated rings. The van der Waals surface area contributed by atoms with Crippen LogP contribution in [0, 0.1) is 0 Å². The molecule has 136 valence electrons. The monoisotopic (exact) mass is 371 g/mol. The number of nitrogens with zero attached hydrogens (tertiary/aromatic N) is 2. The number of hydrogen-bond acceptors (Lipinski definition) is 4. The smallest absolute Gasteiger partial charge is 0.317 e. The number of urea groups is 1. The number of para-hydroxylation sites is 1. The van der Waals surface area contributed by atoms with E-state index in [0.29, 0.717) is 39.3 Å². The molecule has 2 aromatic rings. The lowest BCUT2D eigenvalue weighted by Crippen LogP contribution is -2.53. The van der Waals surface area contributed by atoms with Gasteiger partial charge >= 0.3 is 6.03 Å². The summed E-state index contributed by atoms with van der Waals surface area (Å²) >= 11 is 1.53. The molecule has 2 aliphatic heterocycles. The number of nitrogens with one attached hydrogen (secondary N) is 1. The summed E-state index contributed by atoms with van der Waals surface area (Å²) in [6.45, 7) is 5.27. The molecule has 3 heterocycles. The molecule has 1 saturated heterocycles. The third-order valence-corrected chi connectivity index (χ3v) is 5.92. The second-order valence-corrected chi connectivity index (χ2v) is 7.42. The molecule has 3 amide bonds. The lowest BCUT2D eigenvalue weighted by molar-refractivity contribution is 0.0670. The van der Waals surface area contributed by atoms with Gasteiger partial charge in [-0.3, -0.25) is 4.79 Å². The lowest BCUT2D eigenvalue weighted by Gasteiger charge is -2.34. The minimum Gasteiger partial charge on any atom is -0.488 e. The molecule has 1 aromatic carbocycles. The first-order valence-electron chi connectivity index (χ1n) is 8.84. The SMILES string of the molecule is CCNC(=O)N1CCN(C(=O)c2cc3c(s2)-c2ccccc2OC3)CC1. The van der Waals surface area contributed by atoms with E-state index in [1.807, 2.05) is 42.2 Å². The van der Waals surface area contributed by atoms with Crippen molar-refractivity contribution < 1.29 is 14.3 Å². The fourth-order valence-electron chi connectivity index (χ4n) is 3.34. The van der Waals surface area contributed by atoms with Gasteiger partial charge in [0.2, 0.25) is 0 Å². The molecule has 7 heteroatoms. The van der Waals surface area contributed by atoms with Crippen molar-refractivity contribution in [3.8, 4) is 16.2 Å². The number of amides is 3. The van der Waals surface area contributed by atoms with Crippen LogP contribution in [0.1, 0.15) is 22.2 Å². The van der Waals surface area contributed by atoms with Crippen molar-refractivity contribution in [1.82, 2.24) is 15.1 Å². The van der Waals surface area contributed by atoms with Crippen molar-refractivity contribution in [2.45, 2.75) is 13.5 Å². The first kappa shape index (κ1) is 16.9. The van der Waals surface area contributed by atoms with Crippen LogP contribution in [0.2, 0.25) is 0 Å². The summed E-state index contributed by atoms with van der Waals surface area (Å²) in [4.78, 5) is 30.3. The minimum absolute atomic E-state index is 0.0393. The van der Waals surface area contributed by atoms with Crippen LogP contribution >= 0.6 is 11.3 Å². The zero-order valence-electron chi connectivity index (χ0n) is 14.7. The maximum Gasteiger partial charge on any atom is 0.317 e. The minimum atomic E-state index is -0.0556. The van der Waals surface area contributed by atoms with E-state index in [9.17, 15) is 9.59 Å². The van der Waals surface area contributed by atoms with Crippen molar-refractivity contribution in [1.29, 1.82) is 0 Å². The number of carbonyl (C=O) groups excluding carboxylic acids is 2. The summed E-state index contributed by atoms with van der Waals surface area (Å²) in [5, 5.41) is 2.81. The van der Waals surface area contributed by atoms with Crippen LogP contribution in [-0.2, 0) is 6.61 Å². The Balaban J connectivity index is 1.48. The number of thiophene rings is 1. The Labute approximate surface area is 156 Å². The average molecular weight is 371 g/mol. The van der Waals surface area contributed by atoms with Crippen LogP contribution in [0.15, 0.2) is 30.3 Å². The first-order valence-corrected chi connectivity index (χ1v) is 9.66. The van der Waals surface area contributed by atoms with E-state index in [2.05, 4.69) is 5.32 Å². The zero-order chi connectivity index (χ0) is 18.1. The van der Waals surface area contributed by atoms with E-state index >= 15 is 0 Å². The summed E-state index contributed by atoms with van der Waals surface area (Å²) in [5.74, 6) is 0.911. The normalized spacial score (nSPS) is 15.7. The second-order valence-electron chi connectivity index (χ2n) is 6.36. The van der Waals surface area contributed by atoms with Gasteiger partial charge in [0, 0.05) is 48.7 Å². The molecule has 1 aromatic heterocycles. The highest BCUT2D eigenvalue weighted by molar-refractivity contribution is 7.17. The Morgan fingerprint density at radius 3 is 2.65 bits per heavy atom. The Morgan fingerprint density at radius 1 is 1.15 bits per heavy atom. The van der Waals surface area contributed by atoms with Gasteiger partial charge in [-0.1, -0.05) is 12.1 Å². The van der Waals surface area contributed by atoms with Gasteiger partial charge in [0.15, 0.2) is 0 Å². The predicted molar refractivity (Wildman–Crippen MR) is 101 cm³/mol. The van der Waals surface area contributed by atoms with Crippen molar-refractivity contribution in [3.05, 3.63) is 40.8 Å². The van der Waals surface area contributed by atoms with Crippen molar-refractivity contribution >= 4 is 23.3 Å². The van der Waals surface area contributed by atoms with E-state index < -0.39 is 0 Å². The quantitative estimate of drug-likeness (QED) is 0.883. The van der Waals surface area contributed by atoms with E-state index in [-0.39, 0.29) is 11.9 Å². The maximum absolute atomic E-state index is 12.9.